The van der Waals surface area contributed by atoms with Crippen molar-refractivity contribution in [2.75, 3.05) is 11.4 Å². The SMILES string of the molecule is [C-]#[N+]c1ccc(N(Cc2nnc(-c3cccc(Cl)n3)o2)CC(F)(F)F)cc1C(F)(F)F. The minimum absolute atomic E-state index is 0.121. The van der Waals surface area contributed by atoms with Gasteiger partial charge in [0.15, 0.2) is 5.69 Å². The molecule has 0 amide bonds. The number of anilines is 1. The highest BCUT2D eigenvalue weighted by Gasteiger charge is 2.36. The van der Waals surface area contributed by atoms with E-state index in [0.29, 0.717) is 11.0 Å². The smallest absolute Gasteiger partial charge is 0.407 e. The molecule has 0 fully saturated rings. The molecule has 31 heavy (non-hydrogen) atoms. The van der Waals surface area contributed by atoms with Crippen molar-refractivity contribution in [1.29, 1.82) is 0 Å². The third kappa shape index (κ3) is 5.64. The Morgan fingerprint density at radius 1 is 1.06 bits per heavy atom. The minimum Gasteiger partial charge on any atom is -0.417 e. The molecule has 0 unspecified atom stereocenters. The van der Waals surface area contributed by atoms with E-state index >= 15 is 0 Å². The predicted octanol–water partition coefficient (Wildman–Crippen LogP) is 5.92. The summed E-state index contributed by atoms with van der Waals surface area (Å²) in [4.78, 5) is 7.29. The van der Waals surface area contributed by atoms with Crippen molar-refractivity contribution in [3.63, 3.8) is 0 Å². The molecule has 3 rings (SSSR count). The Balaban J connectivity index is 1.95. The van der Waals surface area contributed by atoms with Crippen molar-refractivity contribution in [2.45, 2.75) is 18.9 Å². The lowest BCUT2D eigenvalue weighted by atomic mass is 10.1. The van der Waals surface area contributed by atoms with Crippen LogP contribution in [-0.2, 0) is 12.7 Å². The van der Waals surface area contributed by atoms with Crippen molar-refractivity contribution < 1.29 is 30.8 Å². The molecule has 0 aliphatic heterocycles. The summed E-state index contributed by atoms with van der Waals surface area (Å²) < 4.78 is 84.2. The maximum Gasteiger partial charge on any atom is 0.407 e. The summed E-state index contributed by atoms with van der Waals surface area (Å²) in [5, 5.41) is 7.45. The van der Waals surface area contributed by atoms with Crippen LogP contribution in [0.25, 0.3) is 16.4 Å². The number of hydrogen-bond donors (Lipinski definition) is 0. The molecule has 13 heteroatoms. The number of benzene rings is 1. The Bertz CT molecular complexity index is 1120. The standard InChI is InChI=1S/C18H10ClF6N5O/c1-26-12-6-5-10(7-11(12)18(23,24)25)30(9-17(20,21)22)8-15-28-29-16(31-15)13-3-2-4-14(19)27-13/h2-7H,8-9H2. The Morgan fingerprint density at radius 2 is 1.81 bits per heavy atom. The van der Waals surface area contributed by atoms with Crippen LogP contribution in [-0.4, -0.2) is 27.9 Å². The number of aromatic nitrogens is 3. The van der Waals surface area contributed by atoms with Crippen molar-refractivity contribution in [3.05, 3.63) is 64.4 Å². The third-order valence-corrected chi connectivity index (χ3v) is 4.08. The van der Waals surface area contributed by atoms with Crippen LogP contribution in [0.1, 0.15) is 11.5 Å². The van der Waals surface area contributed by atoms with E-state index in [4.69, 9.17) is 22.6 Å². The molecule has 6 nitrogen and oxygen atoms in total. The lowest BCUT2D eigenvalue weighted by Gasteiger charge is -2.25. The Kier molecular flexibility index (Phi) is 6.08. The fourth-order valence-corrected chi connectivity index (χ4v) is 2.78. The van der Waals surface area contributed by atoms with E-state index in [1.165, 1.54) is 12.1 Å². The van der Waals surface area contributed by atoms with Crippen LogP contribution in [0.5, 0.6) is 0 Å². The van der Waals surface area contributed by atoms with E-state index in [2.05, 4.69) is 20.0 Å². The molecule has 0 radical (unpaired) electrons. The average molecular weight is 462 g/mol. The number of nitrogens with zero attached hydrogens (tertiary/aromatic N) is 5. The quantitative estimate of drug-likeness (QED) is 0.268. The van der Waals surface area contributed by atoms with Gasteiger partial charge in [0.2, 0.25) is 5.89 Å². The van der Waals surface area contributed by atoms with Gasteiger partial charge in [-0.25, -0.2) is 9.83 Å². The van der Waals surface area contributed by atoms with Gasteiger partial charge in [0.25, 0.3) is 5.89 Å². The third-order valence-electron chi connectivity index (χ3n) is 3.87. The summed E-state index contributed by atoms with van der Waals surface area (Å²) in [6.07, 6.45) is -9.66. The first kappa shape index (κ1) is 22.4. The first-order chi connectivity index (χ1) is 14.5. The molecular formula is C18H10ClF6N5O. The second-order valence-electron chi connectivity index (χ2n) is 6.13. The molecular weight excluding hydrogens is 452 g/mol. The first-order valence-corrected chi connectivity index (χ1v) is 8.70. The highest BCUT2D eigenvalue weighted by atomic mass is 35.5. The van der Waals surface area contributed by atoms with Crippen molar-refractivity contribution in [3.8, 4) is 11.6 Å². The summed E-state index contributed by atoms with van der Waals surface area (Å²) in [5.74, 6) is -0.410. The molecule has 0 saturated heterocycles. The van der Waals surface area contributed by atoms with E-state index < -0.39 is 42.4 Å². The van der Waals surface area contributed by atoms with Crippen molar-refractivity contribution >= 4 is 23.0 Å². The van der Waals surface area contributed by atoms with E-state index in [9.17, 15) is 26.3 Å². The van der Waals surface area contributed by atoms with Crippen LogP contribution in [0.3, 0.4) is 0 Å². The Morgan fingerprint density at radius 3 is 2.42 bits per heavy atom. The second-order valence-corrected chi connectivity index (χ2v) is 6.52. The molecule has 0 aliphatic rings. The molecule has 0 N–H and O–H groups in total. The van der Waals surface area contributed by atoms with Crippen LogP contribution in [0.2, 0.25) is 5.15 Å². The Labute approximate surface area is 175 Å². The predicted molar refractivity (Wildman–Crippen MR) is 97.4 cm³/mol. The number of pyridine rings is 1. The summed E-state index contributed by atoms with van der Waals surface area (Å²) in [7, 11) is 0. The average Bonchev–Trinajstić information content (AvgIpc) is 3.14. The summed E-state index contributed by atoms with van der Waals surface area (Å²) in [6.45, 7) is 4.62. The van der Waals surface area contributed by atoms with Gasteiger partial charge < -0.3 is 9.32 Å². The topological polar surface area (TPSA) is 59.4 Å². The van der Waals surface area contributed by atoms with Crippen molar-refractivity contribution in [1.82, 2.24) is 15.2 Å². The minimum atomic E-state index is -4.92. The van der Waals surface area contributed by atoms with E-state index in [1.54, 1.807) is 6.07 Å². The zero-order chi connectivity index (χ0) is 22.8. The molecule has 1 aromatic carbocycles. The highest BCUT2D eigenvalue weighted by molar-refractivity contribution is 6.29. The van der Waals surface area contributed by atoms with Crippen LogP contribution in [0.4, 0.5) is 37.7 Å². The first-order valence-electron chi connectivity index (χ1n) is 8.32. The second kappa shape index (κ2) is 8.43. The lowest BCUT2D eigenvalue weighted by Crippen LogP contribution is -2.34. The maximum atomic E-state index is 13.2. The van der Waals surface area contributed by atoms with E-state index in [-0.39, 0.29) is 22.6 Å². The van der Waals surface area contributed by atoms with E-state index in [0.717, 1.165) is 12.1 Å². The molecule has 3 aromatic rings. The van der Waals surface area contributed by atoms with Crippen LogP contribution >= 0.6 is 11.6 Å². The van der Waals surface area contributed by atoms with Crippen LogP contribution in [0.15, 0.2) is 40.8 Å². The van der Waals surface area contributed by atoms with Gasteiger partial charge in [0, 0.05) is 5.69 Å². The van der Waals surface area contributed by atoms with Gasteiger partial charge in [-0.1, -0.05) is 23.7 Å². The molecule has 0 atom stereocenters. The summed E-state index contributed by atoms with van der Waals surface area (Å²) in [5.41, 5.74) is -2.32. The monoisotopic (exact) mass is 461 g/mol. The number of halogens is 7. The Hall–Kier alpha value is -3.33. The fraction of sp³-hybridized carbons (Fsp3) is 0.222. The lowest BCUT2D eigenvalue weighted by molar-refractivity contribution is -0.136. The van der Waals surface area contributed by atoms with Crippen LogP contribution < -0.4 is 4.90 Å². The van der Waals surface area contributed by atoms with Gasteiger partial charge in [-0.2, -0.15) is 26.3 Å². The normalized spacial score (nSPS) is 11.9. The molecule has 0 aliphatic carbocycles. The fourth-order valence-electron chi connectivity index (χ4n) is 2.61. The largest absolute Gasteiger partial charge is 0.417 e. The number of alkyl halides is 6. The van der Waals surface area contributed by atoms with Gasteiger partial charge in [0.05, 0.1) is 18.7 Å². The molecule has 162 valence electrons. The zero-order valence-electron chi connectivity index (χ0n) is 15.2. The molecule has 2 heterocycles. The van der Waals surface area contributed by atoms with Gasteiger partial charge in [-0.05, 0) is 24.3 Å². The molecule has 0 saturated carbocycles. The maximum absolute atomic E-state index is 13.2. The van der Waals surface area contributed by atoms with Gasteiger partial charge in [-0.15, -0.1) is 10.2 Å². The highest BCUT2D eigenvalue weighted by Crippen LogP contribution is 2.39. The number of rotatable bonds is 5. The number of hydrogen-bond acceptors (Lipinski definition) is 5. The van der Waals surface area contributed by atoms with E-state index in [1.807, 2.05) is 0 Å². The molecule has 0 spiro atoms. The molecule has 0 bridgehead atoms. The summed E-state index contributed by atoms with van der Waals surface area (Å²) >= 11 is 5.77. The van der Waals surface area contributed by atoms with Gasteiger partial charge >= 0.3 is 12.4 Å². The van der Waals surface area contributed by atoms with Crippen LogP contribution in [0, 0.1) is 6.57 Å². The van der Waals surface area contributed by atoms with Gasteiger partial charge in [-0.3, -0.25) is 0 Å². The molecule has 2 aromatic heterocycles. The van der Waals surface area contributed by atoms with Gasteiger partial charge in [0.1, 0.15) is 17.4 Å². The zero-order valence-corrected chi connectivity index (χ0v) is 15.9. The van der Waals surface area contributed by atoms with Crippen molar-refractivity contribution in [2.24, 2.45) is 0 Å². The summed E-state index contributed by atoms with van der Waals surface area (Å²) in [6, 6.07) is 6.79.